The van der Waals surface area contributed by atoms with Crippen LogP contribution < -0.4 is 10.6 Å². The van der Waals surface area contributed by atoms with Gasteiger partial charge in [-0.25, -0.2) is 4.98 Å². The first-order valence-corrected chi connectivity index (χ1v) is 12.5. The Morgan fingerprint density at radius 2 is 1.66 bits per heavy atom. The second kappa shape index (κ2) is 11.2. The van der Waals surface area contributed by atoms with Gasteiger partial charge in [-0.15, -0.1) is 0 Å². The van der Waals surface area contributed by atoms with Crippen molar-refractivity contribution in [2.75, 3.05) is 18.0 Å². The molecule has 4 aromatic rings. The standard InChI is InChI=1S/C29H33N3.CH3NO/c1-4-27-28(32-17-5-6-22(3)29(32)30-27)20-23-9-13-26(14-10-23)31-18-15-25(16-19-31)24-11-7-21(2)8-12-24;2-1-3/h5-14,17,25H,4,15-16,18-20H2,1-3H3;1H,(H2,2,3). The smallest absolute Gasteiger partial charge is 0.204 e. The number of hydrogen-bond acceptors (Lipinski definition) is 3. The van der Waals surface area contributed by atoms with Crippen molar-refractivity contribution in [2.45, 2.75) is 52.4 Å². The zero-order valence-corrected chi connectivity index (χ0v) is 21.1. The number of primary amides is 1. The van der Waals surface area contributed by atoms with Gasteiger partial charge in [-0.2, -0.15) is 0 Å². The predicted molar refractivity (Wildman–Crippen MR) is 144 cm³/mol. The van der Waals surface area contributed by atoms with Crippen LogP contribution in [0.3, 0.4) is 0 Å². The SMILES string of the molecule is CCc1nc2c(C)cccn2c1Cc1ccc(N2CCC(c3ccc(C)cc3)CC2)cc1.NC=O. The molecule has 0 bridgehead atoms. The maximum atomic E-state index is 8.58. The van der Waals surface area contributed by atoms with Crippen molar-refractivity contribution < 1.29 is 4.79 Å². The fraction of sp³-hybridized carbons (Fsp3) is 0.333. The van der Waals surface area contributed by atoms with E-state index in [1.54, 1.807) is 0 Å². The highest BCUT2D eigenvalue weighted by molar-refractivity contribution is 5.52. The summed E-state index contributed by atoms with van der Waals surface area (Å²) in [6, 6.07) is 22.6. The number of nitrogens with two attached hydrogens (primary N) is 1. The lowest BCUT2D eigenvalue weighted by Gasteiger charge is -2.34. The molecule has 2 aromatic heterocycles. The Bertz CT molecular complexity index is 1250. The van der Waals surface area contributed by atoms with Gasteiger partial charge in [0.1, 0.15) is 5.65 Å². The number of hydrogen-bond donors (Lipinski definition) is 1. The van der Waals surface area contributed by atoms with Crippen LogP contribution in [0.1, 0.15) is 59.3 Å². The van der Waals surface area contributed by atoms with Crippen LogP contribution in [0.15, 0.2) is 66.9 Å². The lowest BCUT2D eigenvalue weighted by molar-refractivity contribution is -0.106. The highest BCUT2D eigenvalue weighted by Crippen LogP contribution is 2.31. The first-order chi connectivity index (χ1) is 17.0. The second-order valence-corrected chi connectivity index (χ2v) is 9.39. The minimum atomic E-state index is 0.250. The molecule has 0 radical (unpaired) electrons. The molecule has 182 valence electrons. The fourth-order valence-corrected chi connectivity index (χ4v) is 5.10. The number of benzene rings is 2. The zero-order valence-electron chi connectivity index (χ0n) is 21.1. The molecule has 1 fully saturated rings. The van der Waals surface area contributed by atoms with Crippen LogP contribution in [0.4, 0.5) is 5.69 Å². The Morgan fingerprint density at radius 3 is 2.29 bits per heavy atom. The Kier molecular flexibility index (Phi) is 7.86. The quantitative estimate of drug-likeness (QED) is 0.388. The maximum Gasteiger partial charge on any atom is 0.204 e. The first-order valence-electron chi connectivity index (χ1n) is 12.5. The van der Waals surface area contributed by atoms with Gasteiger partial charge in [0.05, 0.1) is 11.4 Å². The number of amides is 1. The number of fused-ring (bicyclic) bond motifs is 1. The number of aromatic nitrogens is 2. The van der Waals surface area contributed by atoms with E-state index in [1.165, 1.54) is 52.2 Å². The Balaban J connectivity index is 0.000000917. The number of carbonyl (C=O) groups is 1. The van der Waals surface area contributed by atoms with E-state index in [1.807, 2.05) is 0 Å². The van der Waals surface area contributed by atoms with E-state index in [4.69, 9.17) is 9.78 Å². The molecular formula is C30H36N4O. The lowest BCUT2D eigenvalue weighted by Crippen LogP contribution is -2.32. The summed E-state index contributed by atoms with van der Waals surface area (Å²) in [7, 11) is 0. The molecule has 1 amide bonds. The summed E-state index contributed by atoms with van der Waals surface area (Å²) in [4.78, 5) is 16.0. The summed E-state index contributed by atoms with van der Waals surface area (Å²) in [5, 5.41) is 0. The topological polar surface area (TPSA) is 63.6 Å². The number of pyridine rings is 1. The molecule has 0 saturated carbocycles. The number of piperidine rings is 1. The van der Waals surface area contributed by atoms with Crippen molar-refractivity contribution in [3.05, 3.63) is 101 Å². The largest absolute Gasteiger partial charge is 0.372 e. The maximum absolute atomic E-state index is 8.58. The van der Waals surface area contributed by atoms with Gasteiger partial charge in [-0.1, -0.05) is 55.0 Å². The molecule has 2 N–H and O–H groups in total. The summed E-state index contributed by atoms with van der Waals surface area (Å²) in [5.41, 5.74) is 14.6. The highest BCUT2D eigenvalue weighted by Gasteiger charge is 2.21. The van der Waals surface area contributed by atoms with Gasteiger partial charge in [0.15, 0.2) is 0 Å². The molecule has 1 aliphatic rings. The van der Waals surface area contributed by atoms with Crippen LogP contribution in [0, 0.1) is 13.8 Å². The molecule has 3 heterocycles. The Labute approximate surface area is 208 Å². The van der Waals surface area contributed by atoms with E-state index >= 15 is 0 Å². The van der Waals surface area contributed by atoms with Gasteiger partial charge in [-0.05, 0) is 73.9 Å². The normalized spacial score (nSPS) is 14.0. The minimum absolute atomic E-state index is 0.250. The molecule has 0 unspecified atom stereocenters. The van der Waals surface area contributed by atoms with Crippen molar-refractivity contribution in [2.24, 2.45) is 5.73 Å². The van der Waals surface area contributed by atoms with Gasteiger partial charge in [0, 0.05) is 31.4 Å². The third kappa shape index (κ3) is 5.56. The van der Waals surface area contributed by atoms with Crippen LogP contribution in [0.5, 0.6) is 0 Å². The number of carbonyl (C=O) groups excluding carboxylic acids is 1. The van der Waals surface area contributed by atoms with E-state index in [0.717, 1.165) is 31.6 Å². The lowest BCUT2D eigenvalue weighted by atomic mass is 9.89. The van der Waals surface area contributed by atoms with Crippen molar-refractivity contribution in [1.82, 2.24) is 9.38 Å². The monoisotopic (exact) mass is 468 g/mol. The summed E-state index contributed by atoms with van der Waals surface area (Å²) >= 11 is 0. The molecule has 0 atom stereocenters. The van der Waals surface area contributed by atoms with Crippen LogP contribution in [0.25, 0.3) is 5.65 Å². The van der Waals surface area contributed by atoms with Crippen LogP contribution in [0.2, 0.25) is 0 Å². The average molecular weight is 469 g/mol. The average Bonchev–Trinajstić information content (AvgIpc) is 3.24. The Morgan fingerprint density at radius 1 is 1.00 bits per heavy atom. The van der Waals surface area contributed by atoms with Gasteiger partial charge < -0.3 is 15.0 Å². The number of imidazole rings is 1. The van der Waals surface area contributed by atoms with Gasteiger partial charge >= 0.3 is 0 Å². The molecule has 5 nitrogen and oxygen atoms in total. The molecule has 5 heteroatoms. The predicted octanol–water partition coefficient (Wildman–Crippen LogP) is 5.59. The molecule has 35 heavy (non-hydrogen) atoms. The number of anilines is 1. The molecule has 1 saturated heterocycles. The summed E-state index contributed by atoms with van der Waals surface area (Å²) in [5.74, 6) is 0.692. The third-order valence-corrected chi connectivity index (χ3v) is 7.08. The fourth-order valence-electron chi connectivity index (χ4n) is 5.10. The molecule has 5 rings (SSSR count). The van der Waals surface area contributed by atoms with Crippen molar-refractivity contribution in [3.8, 4) is 0 Å². The molecular weight excluding hydrogens is 432 g/mol. The first kappa shape index (κ1) is 24.5. The van der Waals surface area contributed by atoms with E-state index < -0.39 is 0 Å². The van der Waals surface area contributed by atoms with Gasteiger partial charge in [0.2, 0.25) is 6.41 Å². The third-order valence-electron chi connectivity index (χ3n) is 7.08. The molecule has 2 aromatic carbocycles. The van der Waals surface area contributed by atoms with Gasteiger partial charge in [-0.3, -0.25) is 4.79 Å². The van der Waals surface area contributed by atoms with E-state index in [-0.39, 0.29) is 6.41 Å². The highest BCUT2D eigenvalue weighted by atomic mass is 16.1. The van der Waals surface area contributed by atoms with Crippen molar-refractivity contribution in [3.63, 3.8) is 0 Å². The number of rotatable bonds is 5. The summed E-state index contributed by atoms with van der Waals surface area (Å²) < 4.78 is 2.28. The minimum Gasteiger partial charge on any atom is -0.372 e. The van der Waals surface area contributed by atoms with E-state index in [0.29, 0.717) is 5.92 Å². The van der Waals surface area contributed by atoms with Crippen molar-refractivity contribution >= 4 is 17.7 Å². The van der Waals surface area contributed by atoms with Gasteiger partial charge in [0.25, 0.3) is 0 Å². The van der Waals surface area contributed by atoms with E-state index in [2.05, 4.69) is 103 Å². The second-order valence-electron chi connectivity index (χ2n) is 9.39. The zero-order chi connectivity index (χ0) is 24.8. The Hall–Kier alpha value is -3.60. The van der Waals surface area contributed by atoms with Crippen molar-refractivity contribution in [1.29, 1.82) is 0 Å². The molecule has 0 aliphatic carbocycles. The van der Waals surface area contributed by atoms with Crippen LogP contribution >= 0.6 is 0 Å². The molecule has 0 spiro atoms. The summed E-state index contributed by atoms with van der Waals surface area (Å²) in [6.07, 6.45) is 6.74. The van der Waals surface area contributed by atoms with E-state index in [9.17, 15) is 0 Å². The summed E-state index contributed by atoms with van der Waals surface area (Å²) in [6.45, 7) is 8.76. The van der Waals surface area contributed by atoms with Crippen LogP contribution in [-0.4, -0.2) is 28.9 Å². The number of nitrogens with zero attached hydrogens (tertiary/aromatic N) is 3. The number of aryl methyl sites for hydroxylation is 3. The molecule has 1 aliphatic heterocycles. The van der Waals surface area contributed by atoms with Crippen LogP contribution in [-0.2, 0) is 17.6 Å².